The summed E-state index contributed by atoms with van der Waals surface area (Å²) in [6.45, 7) is 10.1. The predicted molar refractivity (Wildman–Crippen MR) is 72.4 cm³/mol. The number of ether oxygens (including phenoxy) is 1. The van der Waals surface area contributed by atoms with Gasteiger partial charge < -0.3 is 20.3 Å². The van der Waals surface area contributed by atoms with Gasteiger partial charge in [-0.1, -0.05) is 13.8 Å². The molecule has 0 aliphatic carbocycles. The lowest BCUT2D eigenvalue weighted by Gasteiger charge is -2.20. The first-order valence-corrected chi connectivity index (χ1v) is 7.03. The Hall–Kier alpha value is -0.650. The number of nitrogens with two attached hydrogens (primary N) is 1. The molecule has 0 spiro atoms. The quantitative estimate of drug-likeness (QED) is 0.679. The van der Waals surface area contributed by atoms with Crippen LogP contribution in [0.1, 0.15) is 26.7 Å². The summed E-state index contributed by atoms with van der Waals surface area (Å²) >= 11 is 0. The van der Waals surface area contributed by atoms with Crippen molar-refractivity contribution >= 4 is 5.91 Å². The van der Waals surface area contributed by atoms with Crippen molar-refractivity contribution in [3.05, 3.63) is 0 Å². The number of likely N-dealkylation sites (N-methyl/N-ethyl adjacent to an activating group) is 1. The second kappa shape index (κ2) is 8.45. The highest BCUT2D eigenvalue weighted by Gasteiger charge is 2.26. The van der Waals surface area contributed by atoms with Crippen molar-refractivity contribution in [2.75, 3.05) is 45.9 Å². The predicted octanol–water partition coefficient (Wildman–Crippen LogP) is 0.295. The van der Waals surface area contributed by atoms with Crippen LogP contribution < -0.4 is 5.73 Å². The van der Waals surface area contributed by atoms with Gasteiger partial charge in [0.2, 0.25) is 5.91 Å². The second-order valence-electron chi connectivity index (χ2n) is 4.69. The van der Waals surface area contributed by atoms with Crippen LogP contribution >= 0.6 is 0 Å². The zero-order valence-corrected chi connectivity index (χ0v) is 11.7. The molecule has 0 aromatic carbocycles. The van der Waals surface area contributed by atoms with Gasteiger partial charge in [-0.2, -0.15) is 0 Å². The first-order chi connectivity index (χ1) is 8.71. The monoisotopic (exact) mass is 257 g/mol. The molecule has 1 amide bonds. The van der Waals surface area contributed by atoms with Gasteiger partial charge in [-0.25, -0.2) is 0 Å². The maximum atomic E-state index is 11.6. The molecule has 1 aliphatic rings. The molecule has 0 aromatic rings. The molecule has 18 heavy (non-hydrogen) atoms. The fourth-order valence-electron chi connectivity index (χ4n) is 2.26. The van der Waals surface area contributed by atoms with Crippen LogP contribution in [0.3, 0.4) is 0 Å². The van der Waals surface area contributed by atoms with Crippen molar-refractivity contribution < 1.29 is 9.53 Å². The lowest BCUT2D eigenvalue weighted by atomic mass is 10.3. The van der Waals surface area contributed by atoms with Crippen LogP contribution in [-0.2, 0) is 9.53 Å². The molecule has 0 radical (unpaired) electrons. The summed E-state index contributed by atoms with van der Waals surface area (Å²) < 4.78 is 5.83. The molecule has 1 unspecified atom stereocenters. The molecule has 1 rings (SSSR count). The Kier molecular flexibility index (Phi) is 7.23. The maximum absolute atomic E-state index is 11.6. The summed E-state index contributed by atoms with van der Waals surface area (Å²) in [6, 6.07) is 0. The van der Waals surface area contributed by atoms with Gasteiger partial charge in [0, 0.05) is 32.6 Å². The van der Waals surface area contributed by atoms with Gasteiger partial charge in [-0.3, -0.25) is 4.79 Å². The molecule has 1 saturated heterocycles. The topological polar surface area (TPSA) is 58.8 Å². The van der Waals surface area contributed by atoms with E-state index in [1.807, 2.05) is 4.90 Å². The number of nitrogens with zero attached hydrogens (tertiary/aromatic N) is 2. The third kappa shape index (κ3) is 4.92. The molecule has 1 aliphatic heterocycles. The smallest absolute Gasteiger partial charge is 0.223 e. The molecular weight excluding hydrogens is 230 g/mol. The minimum atomic E-state index is 0.160. The Morgan fingerprint density at radius 2 is 2.17 bits per heavy atom. The zero-order valence-electron chi connectivity index (χ0n) is 11.7. The number of hydrogen-bond acceptors (Lipinski definition) is 4. The van der Waals surface area contributed by atoms with Crippen LogP contribution in [0.15, 0.2) is 0 Å². The van der Waals surface area contributed by atoms with Crippen molar-refractivity contribution in [3.8, 4) is 0 Å². The van der Waals surface area contributed by atoms with E-state index in [9.17, 15) is 4.79 Å². The van der Waals surface area contributed by atoms with Crippen LogP contribution in [-0.4, -0.2) is 67.7 Å². The Bertz CT molecular complexity index is 244. The molecule has 5 heteroatoms. The molecule has 0 bridgehead atoms. The van der Waals surface area contributed by atoms with E-state index in [1.165, 1.54) is 0 Å². The van der Waals surface area contributed by atoms with Crippen molar-refractivity contribution in [3.63, 3.8) is 0 Å². The Morgan fingerprint density at radius 3 is 2.78 bits per heavy atom. The van der Waals surface area contributed by atoms with Gasteiger partial charge in [0.25, 0.3) is 0 Å². The lowest BCUT2D eigenvalue weighted by Crippen LogP contribution is -2.32. The highest BCUT2D eigenvalue weighted by atomic mass is 16.5. The van der Waals surface area contributed by atoms with E-state index >= 15 is 0 Å². The number of rotatable bonds is 8. The second-order valence-corrected chi connectivity index (χ2v) is 4.69. The van der Waals surface area contributed by atoms with Crippen LogP contribution in [0.2, 0.25) is 0 Å². The van der Waals surface area contributed by atoms with E-state index in [0.717, 1.165) is 45.8 Å². The van der Waals surface area contributed by atoms with E-state index in [1.54, 1.807) is 0 Å². The Morgan fingerprint density at radius 1 is 1.44 bits per heavy atom. The molecule has 1 heterocycles. The van der Waals surface area contributed by atoms with E-state index in [2.05, 4.69) is 18.7 Å². The average molecular weight is 257 g/mol. The molecule has 5 nitrogen and oxygen atoms in total. The minimum absolute atomic E-state index is 0.160. The summed E-state index contributed by atoms with van der Waals surface area (Å²) in [5, 5.41) is 0. The number of carbonyl (C=O) groups is 1. The van der Waals surface area contributed by atoms with E-state index in [-0.39, 0.29) is 12.0 Å². The van der Waals surface area contributed by atoms with Crippen LogP contribution in [0, 0.1) is 0 Å². The van der Waals surface area contributed by atoms with Crippen molar-refractivity contribution in [2.24, 2.45) is 5.73 Å². The van der Waals surface area contributed by atoms with Gasteiger partial charge in [0.1, 0.15) is 0 Å². The number of amides is 1. The molecular formula is C13H27N3O2. The number of carbonyl (C=O) groups excluding carboxylic acids is 1. The molecule has 0 aromatic heterocycles. The van der Waals surface area contributed by atoms with Crippen LogP contribution in [0.5, 0.6) is 0 Å². The normalized spacial score (nSPS) is 19.8. The molecule has 2 N–H and O–H groups in total. The summed E-state index contributed by atoms with van der Waals surface area (Å²) in [4.78, 5) is 15.9. The van der Waals surface area contributed by atoms with Gasteiger partial charge in [-0.05, 0) is 19.5 Å². The number of hydrogen-bond donors (Lipinski definition) is 1. The fourth-order valence-corrected chi connectivity index (χ4v) is 2.26. The third-order valence-electron chi connectivity index (χ3n) is 3.51. The van der Waals surface area contributed by atoms with Crippen molar-refractivity contribution in [2.45, 2.75) is 32.8 Å². The van der Waals surface area contributed by atoms with Gasteiger partial charge in [0.15, 0.2) is 0 Å². The van der Waals surface area contributed by atoms with E-state index < -0.39 is 0 Å². The molecule has 1 fully saturated rings. The minimum Gasteiger partial charge on any atom is -0.375 e. The highest BCUT2D eigenvalue weighted by Crippen LogP contribution is 2.13. The summed E-state index contributed by atoms with van der Waals surface area (Å²) in [6.07, 6.45) is 1.61. The van der Waals surface area contributed by atoms with E-state index in [4.69, 9.17) is 10.5 Å². The average Bonchev–Trinajstić information content (AvgIpc) is 2.84. The Labute approximate surface area is 110 Å². The fraction of sp³-hybridized carbons (Fsp3) is 0.923. The van der Waals surface area contributed by atoms with Crippen LogP contribution in [0.4, 0.5) is 0 Å². The van der Waals surface area contributed by atoms with Gasteiger partial charge in [-0.15, -0.1) is 0 Å². The first kappa shape index (κ1) is 15.4. The van der Waals surface area contributed by atoms with Gasteiger partial charge in [0.05, 0.1) is 12.7 Å². The lowest BCUT2D eigenvalue weighted by molar-refractivity contribution is -0.130. The van der Waals surface area contributed by atoms with Crippen molar-refractivity contribution in [1.82, 2.24) is 9.80 Å². The SMILES string of the molecule is CCN(CC)CCOC1CCN(C(=O)CCN)C1. The first-order valence-electron chi connectivity index (χ1n) is 7.03. The Balaban J connectivity index is 2.16. The summed E-state index contributed by atoms with van der Waals surface area (Å²) in [5.41, 5.74) is 5.39. The summed E-state index contributed by atoms with van der Waals surface area (Å²) in [7, 11) is 0. The maximum Gasteiger partial charge on any atom is 0.223 e. The molecule has 106 valence electrons. The van der Waals surface area contributed by atoms with Gasteiger partial charge >= 0.3 is 0 Å². The molecule has 1 atom stereocenters. The standard InChI is InChI=1S/C13H27N3O2/c1-3-15(4-2)9-10-18-12-6-8-16(11-12)13(17)5-7-14/h12H,3-11,14H2,1-2H3. The molecule has 0 saturated carbocycles. The van der Waals surface area contributed by atoms with Crippen LogP contribution in [0.25, 0.3) is 0 Å². The van der Waals surface area contributed by atoms with E-state index in [0.29, 0.717) is 13.0 Å². The highest BCUT2D eigenvalue weighted by molar-refractivity contribution is 5.76. The number of likely N-dealkylation sites (tertiary alicyclic amines) is 1. The third-order valence-corrected chi connectivity index (χ3v) is 3.51. The zero-order chi connectivity index (χ0) is 13.4. The largest absolute Gasteiger partial charge is 0.375 e. The summed E-state index contributed by atoms with van der Waals surface area (Å²) in [5.74, 6) is 0.160. The van der Waals surface area contributed by atoms with Crippen molar-refractivity contribution in [1.29, 1.82) is 0 Å².